The summed E-state index contributed by atoms with van der Waals surface area (Å²) in [5.74, 6) is 3.85. The predicted molar refractivity (Wildman–Crippen MR) is 114 cm³/mol. The largest absolute Gasteiger partial charge is 0.485 e. The highest BCUT2D eigenvalue weighted by molar-refractivity contribution is 7.26. The van der Waals surface area contributed by atoms with Gasteiger partial charge in [0.25, 0.3) is 0 Å². The van der Waals surface area contributed by atoms with Crippen LogP contribution in [0.3, 0.4) is 0 Å². The highest BCUT2D eigenvalue weighted by Crippen LogP contribution is 2.37. The molecule has 2 aromatic rings. The molecule has 4 nitrogen and oxygen atoms in total. The highest BCUT2D eigenvalue weighted by Gasteiger charge is 2.36. The van der Waals surface area contributed by atoms with Gasteiger partial charge >= 0.3 is 0 Å². The average molecular weight is 415 g/mol. The summed E-state index contributed by atoms with van der Waals surface area (Å²) >= 11 is 3.46. The van der Waals surface area contributed by atoms with Crippen molar-refractivity contribution in [2.75, 3.05) is 26.4 Å². The Morgan fingerprint density at radius 3 is 1.81 bits per heavy atom. The molecule has 4 rings (SSSR count). The lowest BCUT2D eigenvalue weighted by Gasteiger charge is -2.28. The Balaban J connectivity index is 0.000000206. The summed E-state index contributed by atoms with van der Waals surface area (Å²) in [4.78, 5) is 0. The number of thiophene rings is 2. The number of ether oxygens (including phenoxy) is 4. The lowest BCUT2D eigenvalue weighted by molar-refractivity contribution is 0.173. The summed E-state index contributed by atoms with van der Waals surface area (Å²) in [7, 11) is -1.31. The van der Waals surface area contributed by atoms with Gasteiger partial charge in [-0.2, -0.15) is 0 Å². The third-order valence-corrected chi connectivity index (χ3v) is 13.4. The lowest BCUT2D eigenvalue weighted by Crippen LogP contribution is -2.45. The fourth-order valence-corrected chi connectivity index (χ4v) is 10.2. The Kier molecular flexibility index (Phi) is 7.85. The van der Waals surface area contributed by atoms with E-state index in [4.69, 9.17) is 18.9 Å². The van der Waals surface area contributed by atoms with Crippen molar-refractivity contribution in [3.05, 3.63) is 16.1 Å². The van der Waals surface area contributed by atoms with E-state index in [0.29, 0.717) is 26.4 Å². The van der Waals surface area contributed by atoms with E-state index in [0.717, 1.165) is 23.0 Å². The van der Waals surface area contributed by atoms with Crippen molar-refractivity contribution >= 4 is 35.2 Å². The molecule has 0 aliphatic carbocycles. The van der Waals surface area contributed by atoms with Crippen molar-refractivity contribution in [2.24, 2.45) is 0 Å². The molecule has 0 spiro atoms. The smallest absolute Gasteiger partial charge is 0.172 e. The van der Waals surface area contributed by atoms with Crippen LogP contribution < -0.4 is 23.4 Å². The Bertz CT molecular complexity index is 650. The molecule has 0 bridgehead atoms. The zero-order chi connectivity index (χ0) is 17.7. The molecule has 0 aromatic carbocycles. The number of hydrogen-bond donors (Lipinski definition) is 0. The highest BCUT2D eigenvalue weighted by atomic mass is 32.1. The molecule has 4 heterocycles. The number of fused-ring (bicyclic) bond motifs is 2. The van der Waals surface area contributed by atoms with E-state index in [-0.39, 0.29) is 7.43 Å². The molecular formula is C19H30O4S2Si. The standard InChI is InChI=1S/C12H20O2SSi.C6H6O2S.CH4/c1-4-16(5-2,6-3)12-11-10(9-15-12)13-7-8-14-11;1-2-8-6-4-9-3-5(6)7-1;/h9H,4-8H2,1-3H3;3-4H,1-2H2;1H4. The van der Waals surface area contributed by atoms with Gasteiger partial charge in [-0.25, -0.2) is 0 Å². The van der Waals surface area contributed by atoms with Crippen molar-refractivity contribution in [1.82, 2.24) is 0 Å². The average Bonchev–Trinajstić information content (AvgIpc) is 3.32. The van der Waals surface area contributed by atoms with E-state index in [1.807, 2.05) is 22.1 Å². The quantitative estimate of drug-likeness (QED) is 0.629. The maximum absolute atomic E-state index is 5.83. The molecule has 0 N–H and O–H groups in total. The van der Waals surface area contributed by atoms with Crippen LogP contribution in [0.25, 0.3) is 0 Å². The molecule has 2 aliphatic rings. The van der Waals surface area contributed by atoms with Crippen molar-refractivity contribution in [3.63, 3.8) is 0 Å². The van der Waals surface area contributed by atoms with E-state index < -0.39 is 8.07 Å². The molecular weight excluding hydrogens is 384 g/mol. The van der Waals surface area contributed by atoms with Gasteiger partial charge in [-0.15, -0.1) is 22.7 Å². The minimum Gasteiger partial charge on any atom is -0.485 e. The summed E-state index contributed by atoms with van der Waals surface area (Å²) in [6.45, 7) is 9.76. The molecule has 146 valence electrons. The van der Waals surface area contributed by atoms with E-state index in [1.54, 1.807) is 11.3 Å². The Morgan fingerprint density at radius 2 is 1.27 bits per heavy atom. The van der Waals surface area contributed by atoms with Crippen molar-refractivity contribution in [2.45, 2.75) is 46.3 Å². The summed E-state index contributed by atoms with van der Waals surface area (Å²) in [5, 5.41) is 6.04. The summed E-state index contributed by atoms with van der Waals surface area (Å²) in [6, 6.07) is 3.91. The first-order valence-corrected chi connectivity index (χ1v) is 13.4. The predicted octanol–water partition coefficient (Wildman–Crippen LogP) is 5.39. The van der Waals surface area contributed by atoms with Crippen LogP contribution in [-0.4, -0.2) is 34.5 Å². The van der Waals surface area contributed by atoms with Gasteiger partial charge in [-0.1, -0.05) is 46.3 Å². The summed E-state index contributed by atoms with van der Waals surface area (Å²) in [6.07, 6.45) is 0. The minimum atomic E-state index is -1.31. The molecule has 0 saturated carbocycles. The van der Waals surface area contributed by atoms with Gasteiger partial charge in [-0.3, -0.25) is 0 Å². The van der Waals surface area contributed by atoms with E-state index in [2.05, 4.69) is 26.2 Å². The van der Waals surface area contributed by atoms with Crippen LogP contribution in [0.15, 0.2) is 16.1 Å². The van der Waals surface area contributed by atoms with E-state index >= 15 is 0 Å². The maximum atomic E-state index is 5.83. The van der Waals surface area contributed by atoms with Gasteiger partial charge in [0.1, 0.15) is 34.5 Å². The molecule has 0 unspecified atom stereocenters. The molecule has 0 saturated heterocycles. The molecule has 0 atom stereocenters. The molecule has 26 heavy (non-hydrogen) atoms. The van der Waals surface area contributed by atoms with E-state index in [9.17, 15) is 0 Å². The molecule has 2 aliphatic heterocycles. The number of hydrogen-bond acceptors (Lipinski definition) is 6. The van der Waals surface area contributed by atoms with Crippen LogP contribution in [0.2, 0.25) is 18.1 Å². The topological polar surface area (TPSA) is 36.9 Å². The van der Waals surface area contributed by atoms with Crippen LogP contribution in [0.1, 0.15) is 28.2 Å². The summed E-state index contributed by atoms with van der Waals surface area (Å²) in [5.41, 5.74) is 0. The first-order valence-electron chi connectivity index (χ1n) is 8.93. The Hall–Kier alpha value is -1.18. The fraction of sp³-hybridized carbons (Fsp3) is 0.579. The van der Waals surface area contributed by atoms with Crippen LogP contribution in [0, 0.1) is 0 Å². The third-order valence-electron chi connectivity index (χ3n) is 5.00. The van der Waals surface area contributed by atoms with Gasteiger partial charge in [-0.05, 0) is 0 Å². The van der Waals surface area contributed by atoms with Gasteiger partial charge in [0.05, 0.1) is 0 Å². The molecule has 0 amide bonds. The Labute approximate surface area is 166 Å². The summed E-state index contributed by atoms with van der Waals surface area (Å²) < 4.78 is 23.5. The lowest BCUT2D eigenvalue weighted by atomic mass is 10.5. The SMILES string of the molecule is C.CC[Si](CC)(CC)c1scc2c1OCCO2.c1scc2c1OCCO2. The normalized spacial score (nSPS) is 14.7. The van der Waals surface area contributed by atoms with Gasteiger partial charge in [0, 0.05) is 20.6 Å². The van der Waals surface area contributed by atoms with E-state index in [1.165, 1.54) is 22.6 Å². The second kappa shape index (κ2) is 9.67. The first-order chi connectivity index (χ1) is 12.2. The molecule has 0 radical (unpaired) electrons. The van der Waals surface area contributed by atoms with Crippen molar-refractivity contribution in [3.8, 4) is 23.0 Å². The monoisotopic (exact) mass is 414 g/mol. The van der Waals surface area contributed by atoms with Crippen LogP contribution in [-0.2, 0) is 0 Å². The Morgan fingerprint density at radius 1 is 0.769 bits per heavy atom. The molecule has 7 heteroatoms. The molecule has 2 aromatic heterocycles. The zero-order valence-electron chi connectivity index (χ0n) is 15.1. The van der Waals surface area contributed by atoms with Gasteiger partial charge < -0.3 is 18.9 Å². The maximum Gasteiger partial charge on any atom is 0.172 e. The first kappa shape index (κ1) is 21.1. The molecule has 0 fully saturated rings. The van der Waals surface area contributed by atoms with Gasteiger partial charge in [0.15, 0.2) is 23.0 Å². The van der Waals surface area contributed by atoms with Crippen LogP contribution in [0.4, 0.5) is 0 Å². The van der Waals surface area contributed by atoms with Crippen molar-refractivity contribution in [1.29, 1.82) is 0 Å². The fourth-order valence-electron chi connectivity index (χ4n) is 3.25. The second-order valence-electron chi connectivity index (χ2n) is 6.09. The second-order valence-corrected chi connectivity index (χ2v) is 13.3. The van der Waals surface area contributed by atoms with Crippen LogP contribution >= 0.6 is 22.7 Å². The minimum absolute atomic E-state index is 0. The zero-order valence-corrected chi connectivity index (χ0v) is 17.8. The van der Waals surface area contributed by atoms with Crippen molar-refractivity contribution < 1.29 is 18.9 Å². The van der Waals surface area contributed by atoms with Crippen LogP contribution in [0.5, 0.6) is 23.0 Å². The number of rotatable bonds is 4. The third kappa shape index (κ3) is 4.21. The van der Waals surface area contributed by atoms with Gasteiger partial charge in [0.2, 0.25) is 0 Å².